The molecule has 1 fully saturated rings. The van der Waals surface area contributed by atoms with Crippen LogP contribution in [0, 0.1) is 0 Å². The summed E-state index contributed by atoms with van der Waals surface area (Å²) in [7, 11) is -2.57. The number of methoxy groups -OCH3 is 1. The first-order chi connectivity index (χ1) is 11.8. The lowest BCUT2D eigenvalue weighted by Crippen LogP contribution is -2.49. The van der Waals surface area contributed by atoms with Gasteiger partial charge in [0.2, 0.25) is 15.9 Å². The summed E-state index contributed by atoms with van der Waals surface area (Å²) in [4.78, 5) is 23.9. The standard InChI is InChI=1S/C16H22N2O5S2/c1-4-11(2)17-15(19)14-9-24-10-18(14)25(21,22)13-7-5-12(6-8-13)16(20)23-3/h5-8,11,14H,4,9-10H2,1-3H3,(H,17,19)/t11-,14+/m1/s1. The van der Waals surface area contributed by atoms with E-state index >= 15 is 0 Å². The Bertz CT molecular complexity index is 733. The van der Waals surface area contributed by atoms with Gasteiger partial charge < -0.3 is 10.1 Å². The van der Waals surface area contributed by atoms with Gasteiger partial charge in [0.15, 0.2) is 0 Å². The first kappa shape index (κ1) is 19.7. The van der Waals surface area contributed by atoms with E-state index in [0.29, 0.717) is 5.75 Å². The molecule has 1 saturated heterocycles. The van der Waals surface area contributed by atoms with Crippen molar-refractivity contribution in [1.29, 1.82) is 0 Å². The van der Waals surface area contributed by atoms with Crippen molar-refractivity contribution >= 4 is 33.7 Å². The molecule has 1 aromatic carbocycles. The van der Waals surface area contributed by atoms with Crippen LogP contribution in [0.25, 0.3) is 0 Å². The van der Waals surface area contributed by atoms with E-state index in [2.05, 4.69) is 10.1 Å². The third-order valence-electron chi connectivity index (χ3n) is 4.03. The monoisotopic (exact) mass is 386 g/mol. The van der Waals surface area contributed by atoms with Crippen LogP contribution >= 0.6 is 11.8 Å². The minimum absolute atomic E-state index is 0.0120. The van der Waals surface area contributed by atoms with Crippen molar-refractivity contribution < 1.29 is 22.7 Å². The summed E-state index contributed by atoms with van der Waals surface area (Å²) in [5, 5.41) is 2.84. The highest BCUT2D eigenvalue weighted by molar-refractivity contribution is 8.00. The van der Waals surface area contributed by atoms with Gasteiger partial charge in [-0.15, -0.1) is 11.8 Å². The first-order valence-electron chi connectivity index (χ1n) is 7.89. The Morgan fingerprint density at radius 2 is 2.00 bits per heavy atom. The number of hydrogen-bond donors (Lipinski definition) is 1. The molecular formula is C16H22N2O5S2. The minimum Gasteiger partial charge on any atom is -0.465 e. The molecule has 0 aliphatic carbocycles. The van der Waals surface area contributed by atoms with Crippen LogP contribution in [0.3, 0.4) is 0 Å². The Balaban J connectivity index is 2.22. The average Bonchev–Trinajstić information content (AvgIpc) is 3.11. The summed E-state index contributed by atoms with van der Waals surface area (Å²) in [6, 6.07) is 4.76. The fourth-order valence-corrected chi connectivity index (χ4v) is 5.48. The Kier molecular flexibility index (Phi) is 6.47. The highest BCUT2D eigenvalue weighted by Gasteiger charge is 2.40. The number of ether oxygens (including phenoxy) is 1. The Labute approximate surface area is 152 Å². The summed E-state index contributed by atoms with van der Waals surface area (Å²) in [6.45, 7) is 3.83. The number of benzene rings is 1. The molecule has 7 nitrogen and oxygen atoms in total. The van der Waals surface area contributed by atoms with Crippen molar-refractivity contribution in [3.05, 3.63) is 29.8 Å². The molecule has 1 N–H and O–H groups in total. The zero-order chi connectivity index (χ0) is 18.6. The predicted molar refractivity (Wildman–Crippen MR) is 95.8 cm³/mol. The summed E-state index contributed by atoms with van der Waals surface area (Å²) >= 11 is 1.40. The number of amides is 1. The maximum absolute atomic E-state index is 12.9. The molecule has 1 heterocycles. The third kappa shape index (κ3) is 4.34. The van der Waals surface area contributed by atoms with Gasteiger partial charge in [-0.05, 0) is 37.6 Å². The van der Waals surface area contributed by atoms with Gasteiger partial charge in [-0.25, -0.2) is 13.2 Å². The zero-order valence-corrected chi connectivity index (χ0v) is 16.0. The molecule has 0 aromatic heterocycles. The van der Waals surface area contributed by atoms with E-state index < -0.39 is 22.0 Å². The van der Waals surface area contributed by atoms with Gasteiger partial charge in [-0.2, -0.15) is 4.31 Å². The number of sulfonamides is 1. The summed E-state index contributed by atoms with van der Waals surface area (Å²) in [5.41, 5.74) is 0.267. The predicted octanol–water partition coefficient (Wildman–Crippen LogP) is 1.45. The molecule has 25 heavy (non-hydrogen) atoms. The van der Waals surface area contributed by atoms with Crippen LogP contribution in [0.4, 0.5) is 0 Å². The number of carbonyl (C=O) groups excluding carboxylic acids is 2. The Morgan fingerprint density at radius 1 is 1.36 bits per heavy atom. The number of nitrogens with one attached hydrogen (secondary N) is 1. The fraction of sp³-hybridized carbons (Fsp3) is 0.500. The van der Waals surface area contributed by atoms with Gasteiger partial charge in [0, 0.05) is 11.8 Å². The number of rotatable bonds is 6. The molecule has 0 bridgehead atoms. The molecule has 1 aromatic rings. The van der Waals surface area contributed by atoms with Gasteiger partial charge in [0.25, 0.3) is 0 Å². The first-order valence-corrected chi connectivity index (χ1v) is 10.5. The minimum atomic E-state index is -3.83. The van der Waals surface area contributed by atoms with Crippen LogP contribution in [0.2, 0.25) is 0 Å². The average molecular weight is 386 g/mol. The van der Waals surface area contributed by atoms with Gasteiger partial charge in [0.1, 0.15) is 6.04 Å². The van der Waals surface area contributed by atoms with Crippen molar-refractivity contribution in [2.75, 3.05) is 18.7 Å². The number of thioether (sulfide) groups is 1. The molecular weight excluding hydrogens is 364 g/mol. The lowest BCUT2D eigenvalue weighted by Gasteiger charge is -2.24. The van der Waals surface area contributed by atoms with Crippen molar-refractivity contribution in [3.63, 3.8) is 0 Å². The number of hydrogen-bond acceptors (Lipinski definition) is 6. The molecule has 0 spiro atoms. The quantitative estimate of drug-likeness (QED) is 0.744. The molecule has 0 unspecified atom stereocenters. The molecule has 2 rings (SSSR count). The second-order valence-corrected chi connectivity index (χ2v) is 8.63. The van der Waals surface area contributed by atoms with E-state index in [4.69, 9.17) is 0 Å². The van der Waals surface area contributed by atoms with Gasteiger partial charge in [0.05, 0.1) is 23.4 Å². The van der Waals surface area contributed by atoms with E-state index in [1.54, 1.807) is 0 Å². The van der Waals surface area contributed by atoms with E-state index in [1.807, 2.05) is 13.8 Å². The molecule has 9 heteroatoms. The van der Waals surface area contributed by atoms with Crippen LogP contribution in [-0.2, 0) is 19.6 Å². The lowest BCUT2D eigenvalue weighted by molar-refractivity contribution is -0.124. The van der Waals surface area contributed by atoms with Crippen molar-refractivity contribution in [1.82, 2.24) is 9.62 Å². The molecule has 0 saturated carbocycles. The van der Waals surface area contributed by atoms with Crippen LogP contribution in [0.15, 0.2) is 29.2 Å². The molecule has 0 radical (unpaired) electrons. The molecule has 138 valence electrons. The summed E-state index contributed by atoms with van der Waals surface area (Å²) in [5.74, 6) is -0.179. The van der Waals surface area contributed by atoms with Gasteiger partial charge >= 0.3 is 5.97 Å². The van der Waals surface area contributed by atoms with E-state index in [9.17, 15) is 18.0 Å². The fourth-order valence-electron chi connectivity index (χ4n) is 2.33. The largest absolute Gasteiger partial charge is 0.465 e. The van der Waals surface area contributed by atoms with E-state index in [-0.39, 0.29) is 28.3 Å². The lowest BCUT2D eigenvalue weighted by atomic mass is 10.2. The van der Waals surface area contributed by atoms with Crippen molar-refractivity contribution in [3.8, 4) is 0 Å². The number of carbonyl (C=O) groups is 2. The normalized spacial score (nSPS) is 19.4. The van der Waals surface area contributed by atoms with Crippen LogP contribution < -0.4 is 5.32 Å². The van der Waals surface area contributed by atoms with Crippen molar-refractivity contribution in [2.45, 2.75) is 37.2 Å². The van der Waals surface area contributed by atoms with Crippen LogP contribution in [-0.4, -0.2) is 55.4 Å². The topological polar surface area (TPSA) is 92.8 Å². The highest BCUT2D eigenvalue weighted by atomic mass is 32.2. The number of nitrogens with zero attached hydrogens (tertiary/aromatic N) is 1. The zero-order valence-electron chi connectivity index (χ0n) is 14.4. The Morgan fingerprint density at radius 3 is 2.56 bits per heavy atom. The van der Waals surface area contributed by atoms with Crippen molar-refractivity contribution in [2.24, 2.45) is 0 Å². The second-order valence-electron chi connectivity index (χ2n) is 5.74. The van der Waals surface area contributed by atoms with Gasteiger partial charge in [-0.1, -0.05) is 6.92 Å². The summed E-state index contributed by atoms with van der Waals surface area (Å²) in [6.07, 6.45) is 0.771. The van der Waals surface area contributed by atoms with E-state index in [1.165, 1.54) is 47.4 Å². The highest BCUT2D eigenvalue weighted by Crippen LogP contribution is 2.28. The maximum Gasteiger partial charge on any atom is 0.337 e. The second kappa shape index (κ2) is 8.20. The number of esters is 1. The molecule has 2 atom stereocenters. The SMILES string of the molecule is CC[C@@H](C)NC(=O)[C@@H]1CSCN1S(=O)(=O)c1ccc(C(=O)OC)cc1. The Hall–Kier alpha value is -1.58. The molecule has 1 aliphatic rings. The molecule has 1 aliphatic heterocycles. The third-order valence-corrected chi connectivity index (χ3v) is 7.07. The summed E-state index contributed by atoms with van der Waals surface area (Å²) < 4.78 is 31.6. The smallest absolute Gasteiger partial charge is 0.337 e. The van der Waals surface area contributed by atoms with Crippen LogP contribution in [0.5, 0.6) is 0 Å². The maximum atomic E-state index is 12.9. The van der Waals surface area contributed by atoms with E-state index in [0.717, 1.165) is 6.42 Å². The van der Waals surface area contributed by atoms with Crippen LogP contribution in [0.1, 0.15) is 30.6 Å². The molecule has 1 amide bonds. The van der Waals surface area contributed by atoms with Gasteiger partial charge in [-0.3, -0.25) is 4.79 Å².